The van der Waals surface area contributed by atoms with E-state index in [0.717, 1.165) is 5.56 Å². The van der Waals surface area contributed by atoms with Gasteiger partial charge < -0.3 is 5.73 Å². The SMILES string of the molecule is CC(N)Cc1ccc([N+](=O)[O-])c2cccnc12. The predicted octanol–water partition coefficient (Wildman–Crippen LogP) is 2.03. The lowest BCUT2D eigenvalue weighted by atomic mass is 10.0. The Morgan fingerprint density at radius 1 is 1.47 bits per heavy atom. The van der Waals surface area contributed by atoms with E-state index < -0.39 is 0 Å². The summed E-state index contributed by atoms with van der Waals surface area (Å²) >= 11 is 0. The molecular weight excluding hydrogens is 218 g/mol. The first-order valence-electron chi connectivity index (χ1n) is 5.36. The molecule has 2 aromatic rings. The van der Waals surface area contributed by atoms with Crippen molar-refractivity contribution in [2.24, 2.45) is 5.73 Å². The molecule has 0 radical (unpaired) electrons. The molecule has 0 aliphatic carbocycles. The summed E-state index contributed by atoms with van der Waals surface area (Å²) in [6.07, 6.45) is 2.29. The Hall–Kier alpha value is -2.01. The Balaban J connectivity index is 2.66. The Morgan fingerprint density at radius 2 is 2.24 bits per heavy atom. The lowest BCUT2D eigenvalue weighted by Gasteiger charge is -2.08. The monoisotopic (exact) mass is 231 g/mol. The highest BCUT2D eigenvalue weighted by Crippen LogP contribution is 2.27. The molecule has 0 aliphatic rings. The van der Waals surface area contributed by atoms with Crippen LogP contribution in [0.4, 0.5) is 5.69 Å². The standard InChI is InChI=1S/C12H13N3O2/c1-8(13)7-9-4-5-11(15(16)17)10-3-2-6-14-12(9)10/h2-6,8H,7,13H2,1H3. The van der Waals surface area contributed by atoms with Crippen LogP contribution in [0.15, 0.2) is 30.5 Å². The molecule has 0 amide bonds. The summed E-state index contributed by atoms with van der Waals surface area (Å²) in [5, 5.41) is 11.5. The van der Waals surface area contributed by atoms with Crippen molar-refractivity contribution in [3.8, 4) is 0 Å². The van der Waals surface area contributed by atoms with Crippen LogP contribution in [0.5, 0.6) is 0 Å². The van der Waals surface area contributed by atoms with Crippen molar-refractivity contribution in [1.82, 2.24) is 4.98 Å². The summed E-state index contributed by atoms with van der Waals surface area (Å²) in [5.74, 6) is 0. The van der Waals surface area contributed by atoms with E-state index in [4.69, 9.17) is 5.73 Å². The second-order valence-electron chi connectivity index (χ2n) is 4.08. The number of non-ortho nitro benzene ring substituents is 1. The van der Waals surface area contributed by atoms with Crippen LogP contribution >= 0.6 is 0 Å². The minimum atomic E-state index is -0.389. The summed E-state index contributed by atoms with van der Waals surface area (Å²) in [4.78, 5) is 14.7. The van der Waals surface area contributed by atoms with E-state index in [0.29, 0.717) is 17.3 Å². The number of nitro groups is 1. The molecule has 2 rings (SSSR count). The molecule has 2 N–H and O–H groups in total. The van der Waals surface area contributed by atoms with E-state index >= 15 is 0 Å². The van der Waals surface area contributed by atoms with Crippen LogP contribution in [-0.2, 0) is 6.42 Å². The van der Waals surface area contributed by atoms with Crippen LogP contribution in [0.3, 0.4) is 0 Å². The third-order valence-corrected chi connectivity index (χ3v) is 2.57. The minimum Gasteiger partial charge on any atom is -0.328 e. The van der Waals surface area contributed by atoms with Gasteiger partial charge in [0.25, 0.3) is 5.69 Å². The van der Waals surface area contributed by atoms with Gasteiger partial charge in [-0.3, -0.25) is 15.1 Å². The van der Waals surface area contributed by atoms with E-state index in [-0.39, 0.29) is 16.7 Å². The van der Waals surface area contributed by atoms with Gasteiger partial charge in [0.2, 0.25) is 0 Å². The predicted molar refractivity (Wildman–Crippen MR) is 65.8 cm³/mol. The van der Waals surface area contributed by atoms with E-state index in [1.54, 1.807) is 24.4 Å². The number of hydrogen-bond acceptors (Lipinski definition) is 4. The maximum atomic E-state index is 10.9. The molecular formula is C12H13N3O2. The van der Waals surface area contributed by atoms with Crippen molar-refractivity contribution in [3.05, 3.63) is 46.1 Å². The molecule has 88 valence electrons. The van der Waals surface area contributed by atoms with Crippen molar-refractivity contribution >= 4 is 16.6 Å². The third-order valence-electron chi connectivity index (χ3n) is 2.57. The summed E-state index contributed by atoms with van der Waals surface area (Å²) in [5.41, 5.74) is 7.45. The molecule has 1 unspecified atom stereocenters. The summed E-state index contributed by atoms with van der Waals surface area (Å²) < 4.78 is 0. The Morgan fingerprint density at radius 3 is 2.88 bits per heavy atom. The third kappa shape index (κ3) is 2.24. The number of benzene rings is 1. The second-order valence-corrected chi connectivity index (χ2v) is 4.08. The van der Waals surface area contributed by atoms with Crippen molar-refractivity contribution in [2.75, 3.05) is 0 Å². The largest absolute Gasteiger partial charge is 0.328 e. The minimum absolute atomic E-state index is 0.00154. The molecule has 1 heterocycles. The van der Waals surface area contributed by atoms with E-state index in [9.17, 15) is 10.1 Å². The average Bonchev–Trinajstić information content (AvgIpc) is 2.28. The number of nitrogens with zero attached hydrogens (tertiary/aromatic N) is 2. The summed E-state index contributed by atoms with van der Waals surface area (Å²) in [6, 6.07) is 6.66. The molecule has 0 saturated carbocycles. The highest BCUT2D eigenvalue weighted by molar-refractivity contribution is 5.90. The Labute approximate surface area is 98.4 Å². The molecule has 0 aliphatic heterocycles. The average molecular weight is 231 g/mol. The highest BCUT2D eigenvalue weighted by Gasteiger charge is 2.15. The van der Waals surface area contributed by atoms with Crippen molar-refractivity contribution < 1.29 is 4.92 Å². The van der Waals surface area contributed by atoms with Gasteiger partial charge in [0.05, 0.1) is 15.8 Å². The van der Waals surface area contributed by atoms with Crippen LogP contribution in [0.2, 0.25) is 0 Å². The van der Waals surface area contributed by atoms with Gasteiger partial charge in [0.15, 0.2) is 0 Å². The zero-order chi connectivity index (χ0) is 12.4. The highest BCUT2D eigenvalue weighted by atomic mass is 16.6. The van der Waals surface area contributed by atoms with Gasteiger partial charge in [-0.1, -0.05) is 0 Å². The van der Waals surface area contributed by atoms with Crippen LogP contribution in [0.1, 0.15) is 12.5 Å². The van der Waals surface area contributed by atoms with Crippen molar-refractivity contribution in [1.29, 1.82) is 0 Å². The zero-order valence-electron chi connectivity index (χ0n) is 9.46. The van der Waals surface area contributed by atoms with Crippen molar-refractivity contribution in [2.45, 2.75) is 19.4 Å². The molecule has 0 saturated heterocycles. The van der Waals surface area contributed by atoms with Crippen LogP contribution in [0.25, 0.3) is 10.9 Å². The van der Waals surface area contributed by atoms with Gasteiger partial charge in [-0.05, 0) is 37.1 Å². The normalized spacial score (nSPS) is 12.6. The topological polar surface area (TPSA) is 82.0 Å². The second kappa shape index (κ2) is 4.47. The number of hydrogen-bond donors (Lipinski definition) is 1. The lowest BCUT2D eigenvalue weighted by molar-refractivity contribution is -0.383. The zero-order valence-corrected chi connectivity index (χ0v) is 9.46. The fourth-order valence-corrected chi connectivity index (χ4v) is 1.89. The van der Waals surface area contributed by atoms with Gasteiger partial charge in [-0.25, -0.2) is 0 Å². The maximum Gasteiger partial charge on any atom is 0.278 e. The number of aromatic nitrogens is 1. The van der Waals surface area contributed by atoms with Gasteiger partial charge in [-0.15, -0.1) is 0 Å². The molecule has 0 spiro atoms. The summed E-state index contributed by atoms with van der Waals surface area (Å²) in [7, 11) is 0. The lowest BCUT2D eigenvalue weighted by Crippen LogP contribution is -2.18. The quantitative estimate of drug-likeness (QED) is 0.647. The smallest absolute Gasteiger partial charge is 0.278 e. The number of nitrogens with two attached hydrogens (primary N) is 1. The fourth-order valence-electron chi connectivity index (χ4n) is 1.89. The van der Waals surface area contributed by atoms with Crippen LogP contribution < -0.4 is 5.73 Å². The van der Waals surface area contributed by atoms with Gasteiger partial charge in [-0.2, -0.15) is 0 Å². The number of fused-ring (bicyclic) bond motifs is 1. The number of nitro benzene ring substituents is 1. The van der Waals surface area contributed by atoms with E-state index in [2.05, 4.69) is 4.98 Å². The molecule has 1 aromatic heterocycles. The maximum absolute atomic E-state index is 10.9. The van der Waals surface area contributed by atoms with Crippen LogP contribution in [0, 0.1) is 10.1 Å². The molecule has 0 bridgehead atoms. The van der Waals surface area contributed by atoms with Gasteiger partial charge in [0, 0.05) is 18.3 Å². The van der Waals surface area contributed by atoms with Gasteiger partial charge in [0.1, 0.15) is 0 Å². The molecule has 17 heavy (non-hydrogen) atoms. The fraction of sp³-hybridized carbons (Fsp3) is 0.250. The van der Waals surface area contributed by atoms with Gasteiger partial charge >= 0.3 is 0 Å². The first kappa shape index (κ1) is 11.5. The number of pyridine rings is 1. The van der Waals surface area contributed by atoms with Crippen molar-refractivity contribution in [3.63, 3.8) is 0 Å². The van der Waals surface area contributed by atoms with E-state index in [1.807, 2.05) is 6.92 Å². The van der Waals surface area contributed by atoms with Crippen LogP contribution in [-0.4, -0.2) is 15.9 Å². The molecule has 1 aromatic carbocycles. The summed E-state index contributed by atoms with van der Waals surface area (Å²) in [6.45, 7) is 1.90. The first-order valence-corrected chi connectivity index (χ1v) is 5.36. The van der Waals surface area contributed by atoms with E-state index in [1.165, 1.54) is 6.07 Å². The Bertz CT molecular complexity index is 567. The first-order chi connectivity index (χ1) is 8.09. The molecule has 5 nitrogen and oxygen atoms in total. The Kier molecular flexibility index (Phi) is 3.01. The molecule has 0 fully saturated rings. The molecule has 5 heteroatoms. The number of rotatable bonds is 3. The molecule has 1 atom stereocenters.